The monoisotopic (exact) mass is 259 g/mol. The van der Waals surface area contributed by atoms with Crippen molar-refractivity contribution in [2.75, 3.05) is 5.73 Å². The Hall–Kier alpha value is -2.25. The summed E-state index contributed by atoms with van der Waals surface area (Å²) in [4.78, 5) is 4.01. The van der Waals surface area contributed by atoms with E-state index in [1.165, 1.54) is 12.3 Å². The lowest BCUT2D eigenvalue weighted by atomic mass is 10.2. The number of aromatic nitrogens is 1. The molecule has 2 aromatic rings. The number of anilines is 1. The lowest BCUT2D eigenvalue weighted by molar-refractivity contribution is 0.462. The number of nitriles is 1. The van der Waals surface area contributed by atoms with Crippen molar-refractivity contribution in [2.24, 2.45) is 0 Å². The minimum absolute atomic E-state index is 0.222. The van der Waals surface area contributed by atoms with Gasteiger partial charge in [0, 0.05) is 11.2 Å². The Labute approximate surface area is 110 Å². The van der Waals surface area contributed by atoms with E-state index < -0.39 is 0 Å². The number of rotatable bonds is 2. The molecule has 0 spiro atoms. The quantitative estimate of drug-likeness (QED) is 0.898. The Kier molecular flexibility index (Phi) is 3.35. The zero-order valence-electron chi connectivity index (χ0n) is 9.64. The minimum atomic E-state index is 0.222. The van der Waals surface area contributed by atoms with E-state index in [2.05, 4.69) is 4.98 Å². The van der Waals surface area contributed by atoms with E-state index >= 15 is 0 Å². The standard InChI is InChI=1S/C13H10ClN3O/c1-8-6-10(14)2-3-11(8)18-13-12(16)9(7-15)4-5-17-13/h2-6H,16H2,1H3. The van der Waals surface area contributed by atoms with Crippen molar-refractivity contribution in [3.05, 3.63) is 46.6 Å². The van der Waals surface area contributed by atoms with Gasteiger partial charge in [-0.2, -0.15) is 5.26 Å². The first-order valence-corrected chi connectivity index (χ1v) is 5.58. The van der Waals surface area contributed by atoms with Crippen LogP contribution in [0.2, 0.25) is 5.02 Å². The van der Waals surface area contributed by atoms with Gasteiger partial charge in [-0.25, -0.2) is 4.98 Å². The van der Waals surface area contributed by atoms with Crippen molar-refractivity contribution >= 4 is 17.3 Å². The molecule has 0 aliphatic rings. The summed E-state index contributed by atoms with van der Waals surface area (Å²) in [6.45, 7) is 1.87. The summed E-state index contributed by atoms with van der Waals surface area (Å²) in [5, 5.41) is 9.50. The molecule has 90 valence electrons. The molecule has 5 heteroatoms. The normalized spacial score (nSPS) is 9.83. The second-order valence-electron chi connectivity index (χ2n) is 3.70. The molecule has 0 bridgehead atoms. The molecule has 1 heterocycles. The van der Waals surface area contributed by atoms with E-state index in [0.29, 0.717) is 16.3 Å². The number of aryl methyl sites for hydroxylation is 1. The molecule has 4 nitrogen and oxygen atoms in total. The number of nitrogens with two attached hydrogens (primary N) is 1. The highest BCUT2D eigenvalue weighted by Gasteiger charge is 2.09. The molecule has 0 aliphatic carbocycles. The molecule has 0 saturated heterocycles. The predicted octanol–water partition coefficient (Wildman–Crippen LogP) is 3.29. The second-order valence-corrected chi connectivity index (χ2v) is 4.14. The lowest BCUT2D eigenvalue weighted by Crippen LogP contribution is -1.98. The van der Waals surface area contributed by atoms with Crippen LogP contribution in [-0.2, 0) is 0 Å². The maximum absolute atomic E-state index is 8.87. The molecule has 18 heavy (non-hydrogen) atoms. The smallest absolute Gasteiger partial charge is 0.244 e. The molecule has 1 aromatic heterocycles. The van der Waals surface area contributed by atoms with Crippen LogP contribution in [0, 0.1) is 18.3 Å². The fraction of sp³-hybridized carbons (Fsp3) is 0.0769. The van der Waals surface area contributed by atoms with Gasteiger partial charge in [-0.1, -0.05) is 11.6 Å². The number of benzene rings is 1. The van der Waals surface area contributed by atoms with Crippen molar-refractivity contribution in [1.82, 2.24) is 4.98 Å². The molecule has 0 unspecified atom stereocenters. The van der Waals surface area contributed by atoms with Gasteiger partial charge in [-0.3, -0.25) is 0 Å². The van der Waals surface area contributed by atoms with Gasteiger partial charge >= 0.3 is 0 Å². The van der Waals surface area contributed by atoms with Gasteiger partial charge in [0.2, 0.25) is 5.88 Å². The van der Waals surface area contributed by atoms with Crippen LogP contribution in [0.5, 0.6) is 11.6 Å². The number of hydrogen-bond donors (Lipinski definition) is 1. The maximum Gasteiger partial charge on any atom is 0.244 e. The number of nitrogens with zero attached hydrogens (tertiary/aromatic N) is 2. The van der Waals surface area contributed by atoms with Gasteiger partial charge in [0.05, 0.1) is 5.56 Å². The molecule has 0 aliphatic heterocycles. The Morgan fingerprint density at radius 3 is 2.83 bits per heavy atom. The maximum atomic E-state index is 8.87. The van der Waals surface area contributed by atoms with Crippen LogP contribution < -0.4 is 10.5 Å². The molecule has 0 atom stereocenters. The first-order valence-electron chi connectivity index (χ1n) is 5.20. The van der Waals surface area contributed by atoms with Crippen LogP contribution in [0.4, 0.5) is 5.69 Å². The van der Waals surface area contributed by atoms with Crippen LogP contribution in [-0.4, -0.2) is 4.98 Å². The van der Waals surface area contributed by atoms with E-state index in [1.807, 2.05) is 13.0 Å². The third-order valence-electron chi connectivity index (χ3n) is 2.42. The van der Waals surface area contributed by atoms with Gasteiger partial charge < -0.3 is 10.5 Å². The van der Waals surface area contributed by atoms with Crippen LogP contribution >= 0.6 is 11.6 Å². The summed E-state index contributed by atoms with van der Waals surface area (Å²) in [5.41, 5.74) is 7.22. The molecular weight excluding hydrogens is 250 g/mol. The predicted molar refractivity (Wildman–Crippen MR) is 69.6 cm³/mol. The lowest BCUT2D eigenvalue weighted by Gasteiger charge is -2.10. The Balaban J connectivity index is 2.38. The van der Waals surface area contributed by atoms with Gasteiger partial charge in [0.25, 0.3) is 0 Å². The SMILES string of the molecule is Cc1cc(Cl)ccc1Oc1nccc(C#N)c1N. The molecular formula is C13H10ClN3O. The molecule has 0 radical (unpaired) electrons. The number of halogens is 1. The fourth-order valence-corrected chi connectivity index (χ4v) is 1.69. The second kappa shape index (κ2) is 4.94. The number of pyridine rings is 1. The summed E-state index contributed by atoms with van der Waals surface area (Å²) in [6, 6.07) is 8.75. The summed E-state index contributed by atoms with van der Waals surface area (Å²) in [5.74, 6) is 0.827. The van der Waals surface area contributed by atoms with Crippen molar-refractivity contribution in [3.8, 4) is 17.7 Å². The fourth-order valence-electron chi connectivity index (χ4n) is 1.46. The number of nitrogen functional groups attached to an aromatic ring is 1. The summed E-state index contributed by atoms with van der Waals surface area (Å²) in [6.07, 6.45) is 1.48. The Morgan fingerprint density at radius 2 is 2.17 bits per heavy atom. The number of ether oxygens (including phenoxy) is 1. The van der Waals surface area contributed by atoms with Crippen molar-refractivity contribution in [2.45, 2.75) is 6.92 Å². The topological polar surface area (TPSA) is 71.9 Å². The molecule has 1 aromatic carbocycles. The largest absolute Gasteiger partial charge is 0.437 e. The molecule has 0 amide bonds. The first kappa shape index (κ1) is 12.2. The Morgan fingerprint density at radius 1 is 1.39 bits per heavy atom. The van der Waals surface area contributed by atoms with Crippen LogP contribution in [0.15, 0.2) is 30.5 Å². The minimum Gasteiger partial charge on any atom is -0.437 e. The first-order chi connectivity index (χ1) is 8.61. The average Bonchev–Trinajstić information content (AvgIpc) is 2.35. The molecule has 2 N–H and O–H groups in total. The van der Waals surface area contributed by atoms with E-state index in [1.54, 1.807) is 18.2 Å². The van der Waals surface area contributed by atoms with E-state index in [4.69, 9.17) is 27.3 Å². The van der Waals surface area contributed by atoms with E-state index in [-0.39, 0.29) is 11.6 Å². The third-order valence-corrected chi connectivity index (χ3v) is 2.65. The molecule has 0 fully saturated rings. The third kappa shape index (κ3) is 2.36. The average molecular weight is 260 g/mol. The van der Waals surface area contributed by atoms with Gasteiger partial charge in [-0.15, -0.1) is 0 Å². The Bertz CT molecular complexity index is 635. The molecule has 0 saturated carbocycles. The van der Waals surface area contributed by atoms with Gasteiger partial charge in [0.1, 0.15) is 17.5 Å². The van der Waals surface area contributed by atoms with Crippen LogP contribution in [0.25, 0.3) is 0 Å². The van der Waals surface area contributed by atoms with E-state index in [9.17, 15) is 0 Å². The summed E-state index contributed by atoms with van der Waals surface area (Å²) < 4.78 is 5.59. The van der Waals surface area contributed by atoms with Gasteiger partial charge in [0.15, 0.2) is 0 Å². The highest BCUT2D eigenvalue weighted by atomic mass is 35.5. The van der Waals surface area contributed by atoms with Crippen LogP contribution in [0.3, 0.4) is 0 Å². The molecule has 2 rings (SSSR count). The zero-order valence-corrected chi connectivity index (χ0v) is 10.4. The van der Waals surface area contributed by atoms with E-state index in [0.717, 1.165) is 5.56 Å². The number of hydrogen-bond acceptors (Lipinski definition) is 4. The van der Waals surface area contributed by atoms with Crippen molar-refractivity contribution < 1.29 is 4.74 Å². The highest BCUT2D eigenvalue weighted by Crippen LogP contribution is 2.30. The highest BCUT2D eigenvalue weighted by molar-refractivity contribution is 6.30. The summed E-state index contributed by atoms with van der Waals surface area (Å²) >= 11 is 5.86. The summed E-state index contributed by atoms with van der Waals surface area (Å²) in [7, 11) is 0. The zero-order chi connectivity index (χ0) is 13.1. The van der Waals surface area contributed by atoms with Crippen LogP contribution in [0.1, 0.15) is 11.1 Å². The van der Waals surface area contributed by atoms with Crippen molar-refractivity contribution in [1.29, 1.82) is 5.26 Å². The van der Waals surface area contributed by atoms with Gasteiger partial charge in [-0.05, 0) is 36.8 Å². The van der Waals surface area contributed by atoms with Crippen molar-refractivity contribution in [3.63, 3.8) is 0 Å².